The third kappa shape index (κ3) is 3.05. The molecule has 0 spiro atoms. The molecule has 112 valence electrons. The minimum atomic E-state index is -0.321. The van der Waals surface area contributed by atoms with Crippen molar-refractivity contribution < 1.29 is 14.0 Å². The minimum Gasteiger partial charge on any atom is -0.341 e. The first-order valence-electron chi connectivity index (χ1n) is 7.09. The molecule has 0 saturated carbocycles. The first kappa shape index (κ1) is 14.4. The van der Waals surface area contributed by atoms with Crippen LogP contribution in [0.5, 0.6) is 0 Å². The lowest BCUT2D eigenvalue weighted by molar-refractivity contribution is -0.138. The lowest BCUT2D eigenvalue weighted by Crippen LogP contribution is -2.40. The number of benzene rings is 1. The van der Waals surface area contributed by atoms with Gasteiger partial charge in [-0.25, -0.2) is 4.39 Å². The highest BCUT2D eigenvalue weighted by Gasteiger charge is 2.35. The van der Waals surface area contributed by atoms with E-state index in [9.17, 15) is 14.0 Å². The van der Waals surface area contributed by atoms with Gasteiger partial charge in [0.2, 0.25) is 11.8 Å². The summed E-state index contributed by atoms with van der Waals surface area (Å²) in [6.07, 6.45) is 2.06. The van der Waals surface area contributed by atoms with Crippen molar-refractivity contribution in [2.45, 2.75) is 18.2 Å². The Morgan fingerprint density at radius 2 is 2.10 bits per heavy atom. The lowest BCUT2D eigenvalue weighted by atomic mass is 10.2. The Morgan fingerprint density at radius 3 is 2.81 bits per heavy atom. The number of nitrogens with zero attached hydrogens (tertiary/aromatic N) is 2. The molecule has 0 unspecified atom stereocenters. The fourth-order valence-corrected chi connectivity index (χ4v) is 3.95. The first-order valence-corrected chi connectivity index (χ1v) is 8.14. The molecule has 0 radical (unpaired) electrons. The van der Waals surface area contributed by atoms with Crippen molar-refractivity contribution in [1.29, 1.82) is 0 Å². The van der Waals surface area contributed by atoms with Crippen LogP contribution in [0.15, 0.2) is 24.3 Å². The quantitative estimate of drug-likeness (QED) is 0.858. The molecule has 1 aromatic rings. The summed E-state index contributed by atoms with van der Waals surface area (Å²) >= 11 is 1.44. The van der Waals surface area contributed by atoms with Crippen LogP contribution >= 0.6 is 11.8 Å². The van der Waals surface area contributed by atoms with Gasteiger partial charge in [-0.2, -0.15) is 0 Å². The van der Waals surface area contributed by atoms with Gasteiger partial charge in [-0.15, -0.1) is 11.8 Å². The summed E-state index contributed by atoms with van der Waals surface area (Å²) in [5.74, 6) is -0.0427. The molecule has 2 aliphatic rings. The lowest BCUT2D eigenvalue weighted by Gasteiger charge is -2.26. The highest BCUT2D eigenvalue weighted by molar-refractivity contribution is 8.00. The maximum atomic E-state index is 13.4. The van der Waals surface area contributed by atoms with E-state index in [-0.39, 0.29) is 29.6 Å². The summed E-state index contributed by atoms with van der Waals surface area (Å²) in [7, 11) is 0. The highest BCUT2D eigenvalue weighted by atomic mass is 32.2. The van der Waals surface area contributed by atoms with E-state index in [1.807, 2.05) is 0 Å². The molecule has 0 N–H and O–H groups in total. The number of hydrogen-bond acceptors (Lipinski definition) is 3. The monoisotopic (exact) mass is 308 g/mol. The summed E-state index contributed by atoms with van der Waals surface area (Å²) in [5, 5.41) is -0.264. The molecule has 2 aliphatic heterocycles. The van der Waals surface area contributed by atoms with Gasteiger partial charge < -0.3 is 9.80 Å². The van der Waals surface area contributed by atoms with E-state index in [1.54, 1.807) is 21.9 Å². The van der Waals surface area contributed by atoms with Crippen molar-refractivity contribution in [2.75, 3.05) is 25.4 Å². The van der Waals surface area contributed by atoms with Crippen molar-refractivity contribution in [3.8, 4) is 0 Å². The standard InChI is InChI=1S/C15H17FN2O2S/c16-12-5-3-4-11(8-12)15-18(14(20)10-21-15)9-13(19)17-6-1-2-7-17/h3-5,8,15H,1-2,6-7,9-10H2/t15-/m1/s1. The van der Waals surface area contributed by atoms with E-state index in [1.165, 1.54) is 23.9 Å². The zero-order chi connectivity index (χ0) is 14.8. The van der Waals surface area contributed by atoms with E-state index in [0.717, 1.165) is 31.5 Å². The second kappa shape index (κ2) is 6.05. The van der Waals surface area contributed by atoms with Crippen LogP contribution in [0.1, 0.15) is 23.8 Å². The number of carbonyl (C=O) groups is 2. The molecule has 2 heterocycles. The topological polar surface area (TPSA) is 40.6 Å². The molecule has 21 heavy (non-hydrogen) atoms. The van der Waals surface area contributed by atoms with Gasteiger partial charge in [0.1, 0.15) is 17.7 Å². The van der Waals surface area contributed by atoms with E-state index in [4.69, 9.17) is 0 Å². The molecule has 2 amide bonds. The van der Waals surface area contributed by atoms with Gasteiger partial charge in [0.05, 0.1) is 5.75 Å². The Morgan fingerprint density at radius 1 is 1.33 bits per heavy atom. The largest absolute Gasteiger partial charge is 0.341 e. The molecule has 0 aliphatic carbocycles. The Labute approximate surface area is 127 Å². The van der Waals surface area contributed by atoms with Crippen molar-refractivity contribution in [3.63, 3.8) is 0 Å². The molecule has 1 atom stereocenters. The van der Waals surface area contributed by atoms with Crippen molar-refractivity contribution >= 4 is 23.6 Å². The third-order valence-electron chi connectivity index (χ3n) is 3.87. The van der Waals surface area contributed by atoms with Crippen molar-refractivity contribution in [3.05, 3.63) is 35.6 Å². The number of rotatable bonds is 3. The Hall–Kier alpha value is -1.56. The molecule has 2 fully saturated rings. The van der Waals surface area contributed by atoms with E-state index in [0.29, 0.717) is 5.75 Å². The molecule has 3 rings (SSSR count). The molecule has 6 heteroatoms. The molecule has 2 saturated heterocycles. The highest BCUT2D eigenvalue weighted by Crippen LogP contribution is 2.38. The fraction of sp³-hybridized carbons (Fsp3) is 0.467. The second-order valence-corrected chi connectivity index (χ2v) is 6.40. The van der Waals surface area contributed by atoms with Gasteiger partial charge in [-0.05, 0) is 30.5 Å². The fourth-order valence-electron chi connectivity index (χ4n) is 2.77. The summed E-state index contributed by atoms with van der Waals surface area (Å²) in [4.78, 5) is 27.6. The van der Waals surface area contributed by atoms with Crippen LogP contribution in [0.2, 0.25) is 0 Å². The predicted octanol–water partition coefficient (Wildman–Crippen LogP) is 2.02. The zero-order valence-electron chi connectivity index (χ0n) is 11.6. The normalized spacial score (nSPS) is 22.1. The number of amides is 2. The molecule has 0 aromatic heterocycles. The van der Waals surface area contributed by atoms with Gasteiger partial charge in [-0.1, -0.05) is 12.1 Å². The number of carbonyl (C=O) groups excluding carboxylic acids is 2. The predicted molar refractivity (Wildman–Crippen MR) is 79.1 cm³/mol. The van der Waals surface area contributed by atoms with Gasteiger partial charge in [0, 0.05) is 13.1 Å². The van der Waals surface area contributed by atoms with Gasteiger partial charge in [-0.3, -0.25) is 9.59 Å². The summed E-state index contributed by atoms with van der Waals surface area (Å²) in [6.45, 7) is 1.64. The number of likely N-dealkylation sites (tertiary alicyclic amines) is 1. The van der Waals surface area contributed by atoms with Crippen LogP contribution in [0.3, 0.4) is 0 Å². The Balaban J connectivity index is 1.74. The zero-order valence-corrected chi connectivity index (χ0v) is 12.4. The summed E-state index contributed by atoms with van der Waals surface area (Å²) in [6, 6.07) is 6.25. The Bertz CT molecular complexity index is 560. The first-order chi connectivity index (χ1) is 10.1. The minimum absolute atomic E-state index is 0.00949. The van der Waals surface area contributed by atoms with Gasteiger partial charge >= 0.3 is 0 Å². The SMILES string of the molecule is O=C(CN1C(=O)CS[C@@H]1c1cccc(F)c1)N1CCCC1. The van der Waals surface area contributed by atoms with Gasteiger partial charge in [0.25, 0.3) is 0 Å². The van der Waals surface area contributed by atoms with E-state index < -0.39 is 0 Å². The van der Waals surface area contributed by atoms with Crippen LogP contribution in [0.25, 0.3) is 0 Å². The van der Waals surface area contributed by atoms with Crippen LogP contribution in [-0.4, -0.2) is 47.0 Å². The molecule has 1 aromatic carbocycles. The smallest absolute Gasteiger partial charge is 0.242 e. The molecular weight excluding hydrogens is 291 g/mol. The average Bonchev–Trinajstić information content (AvgIpc) is 3.10. The van der Waals surface area contributed by atoms with Crippen LogP contribution in [-0.2, 0) is 9.59 Å². The average molecular weight is 308 g/mol. The molecule has 0 bridgehead atoms. The van der Waals surface area contributed by atoms with Crippen LogP contribution in [0.4, 0.5) is 4.39 Å². The summed E-state index contributed by atoms with van der Waals surface area (Å²) < 4.78 is 13.4. The van der Waals surface area contributed by atoms with Crippen LogP contribution in [0, 0.1) is 5.82 Å². The maximum absolute atomic E-state index is 13.4. The van der Waals surface area contributed by atoms with E-state index in [2.05, 4.69) is 0 Å². The maximum Gasteiger partial charge on any atom is 0.242 e. The van der Waals surface area contributed by atoms with Gasteiger partial charge in [0.15, 0.2) is 0 Å². The van der Waals surface area contributed by atoms with Crippen molar-refractivity contribution in [2.24, 2.45) is 0 Å². The van der Waals surface area contributed by atoms with Crippen molar-refractivity contribution in [1.82, 2.24) is 9.80 Å². The summed E-state index contributed by atoms with van der Waals surface area (Å²) in [5.41, 5.74) is 0.736. The van der Waals surface area contributed by atoms with E-state index >= 15 is 0 Å². The number of thioether (sulfide) groups is 1. The Kier molecular flexibility index (Phi) is 4.14. The number of hydrogen-bond donors (Lipinski definition) is 0. The molecular formula is C15H17FN2O2S. The third-order valence-corrected chi connectivity index (χ3v) is 5.12. The number of halogens is 1. The molecule has 4 nitrogen and oxygen atoms in total. The second-order valence-electron chi connectivity index (χ2n) is 5.33. The van der Waals surface area contributed by atoms with Crippen LogP contribution < -0.4 is 0 Å².